The van der Waals surface area contributed by atoms with Crippen LogP contribution in [0.15, 0.2) is 40.3 Å². The van der Waals surface area contributed by atoms with Gasteiger partial charge in [-0.25, -0.2) is 19.0 Å². The number of aldehydes is 1. The summed E-state index contributed by atoms with van der Waals surface area (Å²) < 4.78 is 27.7. The predicted octanol–water partition coefficient (Wildman–Crippen LogP) is -2.40. The molecule has 0 aliphatic rings. The van der Waals surface area contributed by atoms with E-state index in [1.165, 1.54) is 6.34 Å². The van der Waals surface area contributed by atoms with Crippen LogP contribution in [0.5, 0.6) is 0 Å². The molecule has 0 unspecified atom stereocenters. The van der Waals surface area contributed by atoms with Gasteiger partial charge in [0.15, 0.2) is 5.96 Å². The molecule has 0 saturated carbocycles. The number of hydrogen-bond acceptors (Lipinski definition) is 8. The zero-order valence-electron chi connectivity index (χ0n) is 19.9. The van der Waals surface area contributed by atoms with Gasteiger partial charge in [0.1, 0.15) is 12.3 Å². The number of nitrogens with zero attached hydrogens (tertiary/aromatic N) is 2. The molecule has 14 nitrogen and oxygen atoms in total. The Kier molecular flexibility index (Phi) is 14.4. The number of aliphatic imine (C=N–C) groups is 2. The average molecular weight is 526 g/mol. The van der Waals surface area contributed by atoms with Crippen LogP contribution in [0.1, 0.15) is 31.2 Å². The number of hydrogen-bond donors (Lipinski definition) is 7. The molecule has 0 saturated heterocycles. The van der Waals surface area contributed by atoms with Gasteiger partial charge in [0, 0.05) is 13.1 Å². The van der Waals surface area contributed by atoms with Crippen molar-refractivity contribution in [1.82, 2.24) is 20.8 Å². The summed E-state index contributed by atoms with van der Waals surface area (Å²) in [6.07, 6.45) is 3.17. The van der Waals surface area contributed by atoms with Gasteiger partial charge in [-0.3, -0.25) is 19.6 Å². The Balaban J connectivity index is 2.69. The quantitative estimate of drug-likeness (QED) is 0.0270. The molecule has 2 amide bonds. The lowest BCUT2D eigenvalue weighted by Gasteiger charge is -2.19. The highest BCUT2D eigenvalue weighted by Crippen LogP contribution is 2.07. The molecule has 1 aromatic carbocycles. The zero-order valence-corrected chi connectivity index (χ0v) is 20.7. The summed E-state index contributed by atoms with van der Waals surface area (Å²) in [6.45, 7) is 0.161. The van der Waals surface area contributed by atoms with E-state index >= 15 is 0 Å². The highest BCUT2D eigenvalue weighted by molar-refractivity contribution is 7.88. The van der Waals surface area contributed by atoms with Crippen LogP contribution >= 0.6 is 0 Å². The highest BCUT2D eigenvalue weighted by Gasteiger charge is 2.25. The second-order valence-corrected chi connectivity index (χ2v) is 9.49. The molecule has 0 radical (unpaired) electrons. The van der Waals surface area contributed by atoms with Crippen molar-refractivity contribution in [3.63, 3.8) is 0 Å². The van der Waals surface area contributed by atoms with E-state index in [0.29, 0.717) is 37.7 Å². The standard InChI is InChI=1S/C21H35N9O5S/c22-21(23)26-11-5-9-18(30-36(34,35)14-16-6-2-1-3-7-16)20(33)27-12-19(32)29-17(13-31)8-4-10-25-15-28-24/h1-3,6-7,13,15,17-18,30H,4-5,8-12,14,24H2,(H,25,28)(H,27,33)(H,29,32)(H4,22,23,26)/t17-,18+/m0/s1. The molecular weight excluding hydrogens is 490 g/mol. The Morgan fingerprint density at radius 3 is 2.39 bits per heavy atom. The first-order valence-electron chi connectivity index (χ1n) is 11.2. The van der Waals surface area contributed by atoms with Crippen LogP contribution in [0.2, 0.25) is 0 Å². The molecule has 0 aromatic heterocycles. The minimum Gasteiger partial charge on any atom is -0.370 e. The predicted molar refractivity (Wildman–Crippen MR) is 137 cm³/mol. The van der Waals surface area contributed by atoms with E-state index in [0.717, 1.165) is 0 Å². The van der Waals surface area contributed by atoms with Gasteiger partial charge in [0.25, 0.3) is 0 Å². The molecule has 15 heteroatoms. The second-order valence-electron chi connectivity index (χ2n) is 7.74. The van der Waals surface area contributed by atoms with Crippen LogP contribution in [0, 0.1) is 0 Å². The maximum absolute atomic E-state index is 12.7. The van der Waals surface area contributed by atoms with Gasteiger partial charge in [-0.1, -0.05) is 30.3 Å². The van der Waals surface area contributed by atoms with E-state index < -0.39 is 40.5 Å². The minimum atomic E-state index is -3.88. The minimum absolute atomic E-state index is 0.0907. The van der Waals surface area contributed by atoms with Crippen LogP contribution < -0.4 is 38.1 Å². The maximum atomic E-state index is 12.7. The topological polar surface area (TPSA) is 236 Å². The van der Waals surface area contributed by atoms with Gasteiger partial charge in [-0.15, -0.1) is 0 Å². The van der Waals surface area contributed by atoms with Gasteiger partial charge in [-0.2, -0.15) is 0 Å². The van der Waals surface area contributed by atoms with E-state index in [1.807, 2.05) is 0 Å². The van der Waals surface area contributed by atoms with Crippen molar-refractivity contribution in [2.75, 3.05) is 19.6 Å². The number of amides is 2. The van der Waals surface area contributed by atoms with Crippen molar-refractivity contribution in [3.8, 4) is 0 Å². The lowest BCUT2D eigenvalue weighted by atomic mass is 10.1. The van der Waals surface area contributed by atoms with Crippen LogP contribution in [0.3, 0.4) is 0 Å². The van der Waals surface area contributed by atoms with E-state index in [-0.39, 0.29) is 24.7 Å². The maximum Gasteiger partial charge on any atom is 0.239 e. The SMILES string of the molecule is NNC=NCCC[C@@H](C=O)NC(=O)CNC(=O)[C@@H](CCCN=C(N)N)NS(=O)(=O)Cc1ccccc1. The molecule has 36 heavy (non-hydrogen) atoms. The third kappa shape index (κ3) is 14.0. The summed E-state index contributed by atoms with van der Waals surface area (Å²) in [4.78, 5) is 43.9. The molecule has 0 heterocycles. The van der Waals surface area contributed by atoms with Crippen molar-refractivity contribution < 1.29 is 22.8 Å². The molecule has 0 bridgehead atoms. The van der Waals surface area contributed by atoms with Crippen molar-refractivity contribution >= 4 is 40.4 Å². The Morgan fingerprint density at radius 2 is 1.75 bits per heavy atom. The normalized spacial score (nSPS) is 12.9. The largest absolute Gasteiger partial charge is 0.370 e. The second kappa shape index (κ2) is 17.0. The number of benzene rings is 1. The van der Waals surface area contributed by atoms with Gasteiger partial charge in [0.05, 0.1) is 24.7 Å². The summed E-state index contributed by atoms with van der Waals surface area (Å²) in [7, 11) is -3.88. The van der Waals surface area contributed by atoms with E-state index in [1.54, 1.807) is 30.3 Å². The fourth-order valence-electron chi connectivity index (χ4n) is 3.04. The number of carbonyl (C=O) groups excluding carboxylic acids is 3. The summed E-state index contributed by atoms with van der Waals surface area (Å²) in [5.74, 6) is 3.32. The lowest BCUT2D eigenvalue weighted by molar-refractivity contribution is -0.128. The summed E-state index contributed by atoms with van der Waals surface area (Å²) >= 11 is 0. The molecule has 0 spiro atoms. The Hall–Kier alpha value is -3.56. The monoisotopic (exact) mass is 525 g/mol. The van der Waals surface area contributed by atoms with Gasteiger partial charge >= 0.3 is 0 Å². The van der Waals surface area contributed by atoms with Crippen molar-refractivity contribution in [2.24, 2.45) is 27.3 Å². The van der Waals surface area contributed by atoms with Crippen LogP contribution in [-0.2, 0) is 30.2 Å². The number of carbonyl (C=O) groups is 3. The number of nitrogens with two attached hydrogens (primary N) is 3. The Bertz CT molecular complexity index is 983. The van der Waals surface area contributed by atoms with Crippen LogP contribution in [0.4, 0.5) is 0 Å². The smallest absolute Gasteiger partial charge is 0.239 e. The highest BCUT2D eigenvalue weighted by atomic mass is 32.2. The average Bonchev–Trinajstić information content (AvgIpc) is 2.83. The summed E-state index contributed by atoms with van der Waals surface area (Å²) in [5.41, 5.74) is 13.4. The third-order valence-corrected chi connectivity index (χ3v) is 6.04. The molecule has 1 aromatic rings. The fraction of sp³-hybridized carbons (Fsp3) is 0.476. The van der Waals surface area contributed by atoms with Crippen molar-refractivity contribution in [2.45, 2.75) is 43.5 Å². The number of guanidine groups is 1. The van der Waals surface area contributed by atoms with E-state index in [4.69, 9.17) is 17.3 Å². The molecular formula is C21H35N9O5S. The van der Waals surface area contributed by atoms with Gasteiger partial charge < -0.3 is 32.3 Å². The Labute approximate surface area is 210 Å². The molecule has 0 aliphatic carbocycles. The van der Waals surface area contributed by atoms with Crippen molar-refractivity contribution in [3.05, 3.63) is 35.9 Å². The van der Waals surface area contributed by atoms with E-state index in [9.17, 15) is 22.8 Å². The zero-order chi connectivity index (χ0) is 26.8. The number of hydrazine groups is 1. The molecule has 1 rings (SSSR count). The first-order valence-corrected chi connectivity index (χ1v) is 12.9. The third-order valence-electron chi connectivity index (χ3n) is 4.69. The number of sulfonamides is 1. The molecule has 0 fully saturated rings. The van der Waals surface area contributed by atoms with Crippen molar-refractivity contribution in [1.29, 1.82) is 0 Å². The van der Waals surface area contributed by atoms with Crippen LogP contribution in [0.25, 0.3) is 0 Å². The molecule has 10 N–H and O–H groups in total. The molecule has 2 atom stereocenters. The first-order chi connectivity index (χ1) is 17.2. The fourth-order valence-corrected chi connectivity index (χ4v) is 4.41. The first kappa shape index (κ1) is 30.5. The van der Waals surface area contributed by atoms with Crippen LogP contribution in [-0.4, -0.2) is 70.5 Å². The number of rotatable bonds is 18. The summed E-state index contributed by atoms with van der Waals surface area (Å²) in [5, 5.41) is 4.91. The van der Waals surface area contributed by atoms with Gasteiger partial charge in [0.2, 0.25) is 21.8 Å². The van der Waals surface area contributed by atoms with Gasteiger partial charge in [-0.05, 0) is 31.2 Å². The lowest BCUT2D eigenvalue weighted by Crippen LogP contribution is -2.50. The van der Waals surface area contributed by atoms with E-state index in [2.05, 4.69) is 30.8 Å². The molecule has 0 aliphatic heterocycles. The number of nitrogens with one attached hydrogen (secondary N) is 4. The Morgan fingerprint density at radius 1 is 1.06 bits per heavy atom. The molecule has 200 valence electrons. The summed E-state index contributed by atoms with van der Waals surface area (Å²) in [6, 6.07) is 6.58.